The van der Waals surface area contributed by atoms with Crippen LogP contribution in [0.2, 0.25) is 0 Å². The first-order valence-electron chi connectivity index (χ1n) is 20.5. The highest BCUT2D eigenvalue weighted by Gasteiger charge is 2.17. The molecule has 0 aliphatic rings. The topological polar surface area (TPSA) is 16.4 Å². The van der Waals surface area contributed by atoms with Gasteiger partial charge in [-0.15, -0.1) is 0 Å². The predicted molar refractivity (Wildman–Crippen MR) is 253 cm³/mol. The first-order valence-corrected chi connectivity index (χ1v) is 20.5. The van der Waals surface area contributed by atoms with Gasteiger partial charge in [0.2, 0.25) is 0 Å². The number of para-hydroxylation sites is 1. The molecule has 10 aromatic carbocycles. The maximum Gasteiger partial charge on any atom is 0.135 e. The Hall–Kier alpha value is -7.94. The van der Waals surface area contributed by atoms with Crippen LogP contribution in [0.15, 0.2) is 241 Å². The van der Waals surface area contributed by atoms with Gasteiger partial charge in [-0.3, -0.25) is 0 Å². The van der Waals surface area contributed by atoms with Gasteiger partial charge in [0.15, 0.2) is 0 Å². The van der Waals surface area contributed by atoms with Crippen molar-refractivity contribution in [2.45, 2.75) is 0 Å². The molecule has 0 bridgehead atoms. The summed E-state index contributed by atoms with van der Waals surface area (Å²) in [6.07, 6.45) is 0. The van der Waals surface area contributed by atoms with E-state index in [1.54, 1.807) is 0 Å². The minimum atomic E-state index is 0.902. The van der Waals surface area contributed by atoms with E-state index in [9.17, 15) is 0 Å². The minimum Gasteiger partial charge on any atom is -0.456 e. The van der Waals surface area contributed by atoms with Crippen LogP contribution in [0.25, 0.3) is 88.3 Å². The van der Waals surface area contributed by atoms with Crippen molar-refractivity contribution in [2.75, 3.05) is 4.90 Å². The Balaban J connectivity index is 0.988. The number of hydrogen-bond acceptors (Lipinski definition) is 2. The molecule has 0 N–H and O–H groups in total. The first kappa shape index (κ1) is 35.2. The van der Waals surface area contributed by atoms with Gasteiger partial charge in [0, 0.05) is 27.8 Å². The fourth-order valence-electron chi connectivity index (χ4n) is 8.70. The van der Waals surface area contributed by atoms with Crippen molar-refractivity contribution in [1.82, 2.24) is 0 Å². The summed E-state index contributed by atoms with van der Waals surface area (Å²) >= 11 is 0. The third-order valence-electron chi connectivity index (χ3n) is 11.7. The van der Waals surface area contributed by atoms with Crippen molar-refractivity contribution in [1.29, 1.82) is 0 Å². The molecule has 0 unspecified atom stereocenters. The molecule has 0 fully saturated rings. The van der Waals surface area contributed by atoms with Crippen LogP contribution in [0.4, 0.5) is 17.1 Å². The quantitative estimate of drug-likeness (QED) is 0.153. The molecule has 2 heteroatoms. The maximum atomic E-state index is 6.18. The molecule has 0 atom stereocenters. The van der Waals surface area contributed by atoms with Crippen molar-refractivity contribution in [3.8, 4) is 55.6 Å². The average Bonchev–Trinajstić information content (AvgIpc) is 3.70. The first-order chi connectivity index (χ1) is 29.7. The molecule has 11 aromatic rings. The van der Waals surface area contributed by atoms with Crippen molar-refractivity contribution < 1.29 is 4.42 Å². The fraction of sp³-hybridized carbons (Fsp3) is 0. The normalized spacial score (nSPS) is 11.3. The minimum absolute atomic E-state index is 0.902. The van der Waals surface area contributed by atoms with E-state index >= 15 is 0 Å². The monoisotopic (exact) mass is 765 g/mol. The van der Waals surface area contributed by atoms with E-state index in [-0.39, 0.29) is 0 Å². The summed E-state index contributed by atoms with van der Waals surface area (Å²) in [4.78, 5) is 2.36. The highest BCUT2D eigenvalue weighted by atomic mass is 16.3. The second-order valence-electron chi connectivity index (χ2n) is 15.3. The van der Waals surface area contributed by atoms with Crippen LogP contribution < -0.4 is 4.90 Å². The van der Waals surface area contributed by atoms with Gasteiger partial charge in [0.1, 0.15) is 11.2 Å². The summed E-state index contributed by atoms with van der Waals surface area (Å²) in [5.74, 6) is 0. The SMILES string of the molecule is c1ccc(-c2cccc(N(c3ccc(-c4ccc(-c5ccc6oc7ccccc7c6c5)c(-c5ccccc5)c4)cc3)c3ccc(-c4cccc5ccccc45)cc3)c2)cc1. The maximum absolute atomic E-state index is 6.18. The zero-order chi connectivity index (χ0) is 39.8. The lowest BCUT2D eigenvalue weighted by atomic mass is 9.90. The zero-order valence-corrected chi connectivity index (χ0v) is 32.9. The molecule has 0 saturated heterocycles. The van der Waals surface area contributed by atoms with Gasteiger partial charge in [0.25, 0.3) is 0 Å². The van der Waals surface area contributed by atoms with Gasteiger partial charge < -0.3 is 9.32 Å². The van der Waals surface area contributed by atoms with Crippen molar-refractivity contribution in [2.24, 2.45) is 0 Å². The van der Waals surface area contributed by atoms with Crippen molar-refractivity contribution >= 4 is 49.8 Å². The number of rotatable bonds is 8. The number of furan rings is 1. The largest absolute Gasteiger partial charge is 0.456 e. The highest BCUT2D eigenvalue weighted by Crippen LogP contribution is 2.42. The Morgan fingerprint density at radius 1 is 0.250 bits per heavy atom. The molecule has 11 rings (SSSR count). The van der Waals surface area contributed by atoms with Crippen LogP contribution in [0, 0.1) is 0 Å². The Kier molecular flexibility index (Phi) is 8.87. The van der Waals surface area contributed by atoms with Crippen LogP contribution in [0.5, 0.6) is 0 Å². The van der Waals surface area contributed by atoms with Gasteiger partial charge in [0.05, 0.1) is 0 Å². The van der Waals surface area contributed by atoms with Crippen LogP contribution in [0.1, 0.15) is 0 Å². The molecule has 1 aromatic heterocycles. The Labute approximate surface area is 349 Å². The number of anilines is 3. The Bertz CT molecular complexity index is 3290. The molecule has 0 saturated carbocycles. The number of benzene rings is 10. The van der Waals surface area contributed by atoms with E-state index < -0.39 is 0 Å². The molecule has 0 amide bonds. The lowest BCUT2D eigenvalue weighted by Gasteiger charge is -2.26. The van der Waals surface area contributed by atoms with Gasteiger partial charge in [-0.2, -0.15) is 0 Å². The Morgan fingerprint density at radius 2 is 0.783 bits per heavy atom. The summed E-state index contributed by atoms with van der Waals surface area (Å²) in [6.45, 7) is 0. The Morgan fingerprint density at radius 3 is 1.57 bits per heavy atom. The molecule has 0 spiro atoms. The standard InChI is InChI=1S/C58H39NO/c1-3-13-40(14-4-1)45-19-11-20-50(37-45)59(49-33-27-44(28-34-49)52-23-12-18-42-17-7-8-21-51(42)52)48-31-25-41(26-32-48)46-29-35-53(55(38-46)43-15-5-2-6-16-43)47-30-36-58-56(39-47)54-22-9-10-24-57(54)60-58/h1-39H. The molecule has 282 valence electrons. The zero-order valence-electron chi connectivity index (χ0n) is 32.9. The van der Waals surface area contributed by atoms with E-state index in [4.69, 9.17) is 4.42 Å². The van der Waals surface area contributed by atoms with Crippen molar-refractivity contribution in [3.63, 3.8) is 0 Å². The van der Waals surface area contributed by atoms with E-state index in [0.717, 1.165) is 55.7 Å². The van der Waals surface area contributed by atoms with E-state index in [1.807, 2.05) is 12.1 Å². The van der Waals surface area contributed by atoms with Gasteiger partial charge in [-0.1, -0.05) is 176 Å². The van der Waals surface area contributed by atoms with E-state index in [1.165, 1.54) is 49.7 Å². The van der Waals surface area contributed by atoms with Crippen LogP contribution in [-0.2, 0) is 0 Å². The molecule has 1 heterocycles. The molecular weight excluding hydrogens is 727 g/mol. The summed E-state index contributed by atoms with van der Waals surface area (Å²) < 4.78 is 6.18. The van der Waals surface area contributed by atoms with Crippen LogP contribution >= 0.6 is 0 Å². The smallest absolute Gasteiger partial charge is 0.135 e. The van der Waals surface area contributed by atoms with E-state index in [0.29, 0.717) is 0 Å². The molecule has 0 aliphatic heterocycles. The highest BCUT2D eigenvalue weighted by molar-refractivity contribution is 6.07. The number of nitrogens with zero attached hydrogens (tertiary/aromatic N) is 1. The third kappa shape index (κ3) is 6.51. The molecule has 60 heavy (non-hydrogen) atoms. The molecule has 0 radical (unpaired) electrons. The second-order valence-corrected chi connectivity index (χ2v) is 15.3. The number of fused-ring (bicyclic) bond motifs is 4. The lowest BCUT2D eigenvalue weighted by molar-refractivity contribution is 0.669. The fourth-order valence-corrected chi connectivity index (χ4v) is 8.70. The predicted octanol–water partition coefficient (Wildman–Crippen LogP) is 16.5. The summed E-state index contributed by atoms with van der Waals surface area (Å²) in [5, 5.41) is 4.76. The van der Waals surface area contributed by atoms with Gasteiger partial charge >= 0.3 is 0 Å². The number of hydrogen-bond donors (Lipinski definition) is 0. The van der Waals surface area contributed by atoms with Crippen LogP contribution in [0.3, 0.4) is 0 Å². The molecule has 0 aliphatic carbocycles. The van der Waals surface area contributed by atoms with Gasteiger partial charge in [-0.25, -0.2) is 0 Å². The van der Waals surface area contributed by atoms with Crippen molar-refractivity contribution in [3.05, 3.63) is 237 Å². The lowest BCUT2D eigenvalue weighted by Crippen LogP contribution is -2.10. The van der Waals surface area contributed by atoms with Gasteiger partial charge in [-0.05, 0) is 127 Å². The summed E-state index contributed by atoms with van der Waals surface area (Å²) in [5.41, 5.74) is 16.9. The van der Waals surface area contributed by atoms with Crippen LogP contribution in [-0.4, -0.2) is 0 Å². The molecular formula is C58H39NO. The summed E-state index contributed by atoms with van der Waals surface area (Å²) in [6, 6.07) is 84.9. The second kappa shape index (κ2) is 15.1. The van der Waals surface area contributed by atoms with E-state index in [2.05, 4.69) is 229 Å². The average molecular weight is 766 g/mol. The summed E-state index contributed by atoms with van der Waals surface area (Å²) in [7, 11) is 0. The molecule has 2 nitrogen and oxygen atoms in total. The third-order valence-corrected chi connectivity index (χ3v) is 11.7.